The van der Waals surface area contributed by atoms with E-state index in [0.29, 0.717) is 0 Å². The van der Waals surface area contributed by atoms with Crippen LogP contribution >= 0.6 is 11.6 Å². The predicted octanol–water partition coefficient (Wildman–Crippen LogP) is 4.24. The van der Waals surface area contributed by atoms with Crippen molar-refractivity contribution in [3.05, 3.63) is 23.3 Å². The van der Waals surface area contributed by atoms with Gasteiger partial charge in [-0.15, -0.1) is 0 Å². The summed E-state index contributed by atoms with van der Waals surface area (Å²) in [5.41, 5.74) is -1.89. The lowest BCUT2D eigenvalue weighted by Crippen LogP contribution is -2.28. The molecule has 1 aromatic rings. The van der Waals surface area contributed by atoms with Crippen molar-refractivity contribution < 1.29 is 23.0 Å². The zero-order valence-electron chi connectivity index (χ0n) is 13.1. The number of benzene rings is 1. The van der Waals surface area contributed by atoms with E-state index in [4.69, 9.17) is 26.9 Å². The molecule has 0 spiro atoms. The van der Waals surface area contributed by atoms with Gasteiger partial charge in [0.05, 0.1) is 17.9 Å². The number of hydrogen-bond donors (Lipinski definition) is 3. The van der Waals surface area contributed by atoms with E-state index >= 15 is 0 Å². The number of aliphatic hydroxyl groups excluding tert-OH is 1. The van der Waals surface area contributed by atoms with E-state index in [2.05, 4.69) is 5.32 Å². The average molecular weight is 353 g/mol. The third-order valence-corrected chi connectivity index (χ3v) is 2.94. The molecule has 0 atom stereocenters. The molecule has 0 amide bonds. The van der Waals surface area contributed by atoms with E-state index < -0.39 is 28.2 Å². The standard InChI is InChI=1S/C15H20ClF3N2O2/c1-14(2,3)21-10-6-5-9(13(16)20)12(23-8-4-7-22)11(10)15(17,18)19/h5-6,20-22H,4,7-8H2,1-3H3. The molecule has 4 nitrogen and oxygen atoms in total. The maximum Gasteiger partial charge on any atom is 0.421 e. The highest BCUT2D eigenvalue weighted by molar-refractivity contribution is 6.69. The Labute approximate surface area is 138 Å². The summed E-state index contributed by atoms with van der Waals surface area (Å²) >= 11 is 5.59. The van der Waals surface area contributed by atoms with Gasteiger partial charge < -0.3 is 15.2 Å². The van der Waals surface area contributed by atoms with Crippen molar-refractivity contribution in [3.8, 4) is 5.75 Å². The van der Waals surface area contributed by atoms with Crippen LogP contribution in [0.5, 0.6) is 5.75 Å². The van der Waals surface area contributed by atoms with Crippen molar-refractivity contribution in [1.82, 2.24) is 0 Å². The molecule has 0 aliphatic heterocycles. The van der Waals surface area contributed by atoms with Gasteiger partial charge in [-0.05, 0) is 32.9 Å². The molecule has 8 heteroatoms. The van der Waals surface area contributed by atoms with Gasteiger partial charge >= 0.3 is 6.18 Å². The predicted molar refractivity (Wildman–Crippen MR) is 84.7 cm³/mol. The van der Waals surface area contributed by atoms with Crippen molar-refractivity contribution in [3.63, 3.8) is 0 Å². The van der Waals surface area contributed by atoms with Crippen molar-refractivity contribution in [1.29, 1.82) is 5.41 Å². The van der Waals surface area contributed by atoms with Crippen LogP contribution < -0.4 is 10.1 Å². The quantitative estimate of drug-likeness (QED) is 0.530. The van der Waals surface area contributed by atoms with Gasteiger partial charge in [-0.3, -0.25) is 5.41 Å². The fraction of sp³-hybridized carbons (Fsp3) is 0.533. The molecule has 0 radical (unpaired) electrons. The topological polar surface area (TPSA) is 65.3 Å². The van der Waals surface area contributed by atoms with Crippen LogP contribution in [0.2, 0.25) is 0 Å². The van der Waals surface area contributed by atoms with Gasteiger partial charge in [0.2, 0.25) is 0 Å². The number of ether oxygens (including phenoxy) is 1. The SMILES string of the molecule is CC(C)(C)Nc1ccc(C(=N)Cl)c(OCCCO)c1C(F)(F)F. The number of anilines is 1. The van der Waals surface area contributed by atoms with E-state index in [1.807, 2.05) is 0 Å². The number of alkyl halides is 3. The Kier molecular flexibility index (Phi) is 6.30. The molecule has 130 valence electrons. The lowest BCUT2D eigenvalue weighted by Gasteiger charge is -2.27. The van der Waals surface area contributed by atoms with Crippen molar-refractivity contribution >= 4 is 22.5 Å². The summed E-state index contributed by atoms with van der Waals surface area (Å²) in [6, 6.07) is 2.55. The Morgan fingerprint density at radius 2 is 1.91 bits per heavy atom. The summed E-state index contributed by atoms with van der Waals surface area (Å²) in [6.07, 6.45) is -4.52. The molecular weight excluding hydrogens is 333 g/mol. The summed E-state index contributed by atoms with van der Waals surface area (Å²) in [5.74, 6) is -0.500. The van der Waals surface area contributed by atoms with Crippen molar-refractivity contribution in [2.24, 2.45) is 0 Å². The van der Waals surface area contributed by atoms with Crippen LogP contribution in [0.15, 0.2) is 12.1 Å². The number of halogens is 4. The molecule has 3 N–H and O–H groups in total. The van der Waals surface area contributed by atoms with Crippen LogP contribution in [-0.2, 0) is 6.18 Å². The van der Waals surface area contributed by atoms with Crippen LogP contribution in [0.4, 0.5) is 18.9 Å². The number of rotatable bonds is 6. The normalized spacial score (nSPS) is 12.2. The van der Waals surface area contributed by atoms with Crippen molar-refractivity contribution in [2.45, 2.75) is 38.9 Å². The first-order chi connectivity index (χ1) is 10.5. The highest BCUT2D eigenvalue weighted by Crippen LogP contribution is 2.44. The van der Waals surface area contributed by atoms with Gasteiger partial charge in [-0.25, -0.2) is 0 Å². The molecule has 0 heterocycles. The monoisotopic (exact) mass is 352 g/mol. The van der Waals surface area contributed by atoms with Crippen molar-refractivity contribution in [2.75, 3.05) is 18.5 Å². The molecule has 0 aliphatic carbocycles. The number of aliphatic hydroxyl groups is 1. The minimum atomic E-state index is -4.69. The summed E-state index contributed by atoms with van der Waals surface area (Å²) in [5, 5.41) is 18.5. The summed E-state index contributed by atoms with van der Waals surface area (Å²) in [6.45, 7) is 4.87. The van der Waals surface area contributed by atoms with Crippen LogP contribution in [0.1, 0.15) is 38.3 Å². The van der Waals surface area contributed by atoms with Gasteiger partial charge in [0.25, 0.3) is 0 Å². The first-order valence-corrected chi connectivity index (χ1v) is 7.35. The second-order valence-electron chi connectivity index (χ2n) is 5.98. The fourth-order valence-corrected chi connectivity index (χ4v) is 2.08. The maximum atomic E-state index is 13.6. The molecule has 0 aromatic heterocycles. The molecule has 0 unspecified atom stereocenters. The molecule has 1 aromatic carbocycles. The summed E-state index contributed by atoms with van der Waals surface area (Å²) in [7, 11) is 0. The van der Waals surface area contributed by atoms with E-state index in [1.54, 1.807) is 20.8 Å². The summed E-state index contributed by atoms with van der Waals surface area (Å²) < 4.78 is 45.9. The second-order valence-corrected chi connectivity index (χ2v) is 6.36. The fourth-order valence-electron chi connectivity index (χ4n) is 1.93. The van der Waals surface area contributed by atoms with E-state index in [-0.39, 0.29) is 30.9 Å². The molecular formula is C15H20ClF3N2O2. The molecule has 0 bridgehead atoms. The molecule has 0 aliphatic rings. The molecule has 0 saturated carbocycles. The van der Waals surface area contributed by atoms with Gasteiger partial charge in [0.15, 0.2) is 0 Å². The largest absolute Gasteiger partial charge is 0.492 e. The minimum Gasteiger partial charge on any atom is -0.492 e. The minimum absolute atomic E-state index is 0.115. The lowest BCUT2D eigenvalue weighted by atomic mass is 10.0. The van der Waals surface area contributed by atoms with Crippen LogP contribution in [-0.4, -0.2) is 29.0 Å². The zero-order valence-corrected chi connectivity index (χ0v) is 13.9. The number of nitrogens with one attached hydrogen (secondary N) is 2. The third kappa shape index (κ3) is 5.58. The zero-order chi connectivity index (χ0) is 17.8. The first-order valence-electron chi connectivity index (χ1n) is 6.98. The molecule has 23 heavy (non-hydrogen) atoms. The average Bonchev–Trinajstić information content (AvgIpc) is 2.35. The maximum absolute atomic E-state index is 13.6. The van der Waals surface area contributed by atoms with Crippen LogP contribution in [0.3, 0.4) is 0 Å². The molecule has 0 saturated heterocycles. The highest BCUT2D eigenvalue weighted by Gasteiger charge is 2.39. The molecule has 1 rings (SSSR count). The van der Waals surface area contributed by atoms with Crippen LogP contribution in [0.25, 0.3) is 0 Å². The van der Waals surface area contributed by atoms with Gasteiger partial charge in [0.1, 0.15) is 16.5 Å². The van der Waals surface area contributed by atoms with Gasteiger partial charge in [0, 0.05) is 18.6 Å². The van der Waals surface area contributed by atoms with E-state index in [9.17, 15) is 13.2 Å². The summed E-state index contributed by atoms with van der Waals surface area (Å²) in [4.78, 5) is 0. The lowest BCUT2D eigenvalue weighted by molar-refractivity contribution is -0.138. The first kappa shape index (κ1) is 19.6. The van der Waals surface area contributed by atoms with E-state index in [1.165, 1.54) is 12.1 Å². The van der Waals surface area contributed by atoms with Crippen LogP contribution in [0, 0.1) is 5.41 Å². The Hall–Kier alpha value is -1.47. The number of hydrogen-bond acceptors (Lipinski definition) is 4. The Bertz CT molecular complexity index is 569. The Morgan fingerprint density at radius 1 is 1.30 bits per heavy atom. The van der Waals surface area contributed by atoms with Gasteiger partial charge in [-0.2, -0.15) is 13.2 Å². The highest BCUT2D eigenvalue weighted by atomic mass is 35.5. The second kappa shape index (κ2) is 7.40. The molecule has 0 fully saturated rings. The van der Waals surface area contributed by atoms with Gasteiger partial charge in [-0.1, -0.05) is 11.6 Å². The third-order valence-electron chi connectivity index (χ3n) is 2.74. The Balaban J connectivity index is 3.49. The van der Waals surface area contributed by atoms with E-state index in [0.717, 1.165) is 0 Å². The smallest absolute Gasteiger partial charge is 0.421 e. The Morgan fingerprint density at radius 3 is 2.35 bits per heavy atom.